The van der Waals surface area contributed by atoms with Crippen LogP contribution in [0.25, 0.3) is 11.4 Å². The number of rotatable bonds is 1. The predicted molar refractivity (Wildman–Crippen MR) is 42.9 cm³/mol. The van der Waals surface area contributed by atoms with Crippen LogP contribution < -0.4 is 0 Å². The lowest BCUT2D eigenvalue weighted by Crippen LogP contribution is -1.83. The van der Waals surface area contributed by atoms with Crippen molar-refractivity contribution in [3.05, 3.63) is 18.2 Å². The first-order valence-corrected chi connectivity index (χ1v) is 3.54. The molecule has 0 saturated heterocycles. The van der Waals surface area contributed by atoms with Gasteiger partial charge in [0.2, 0.25) is 5.82 Å². The Morgan fingerprint density at radius 1 is 1.15 bits per heavy atom. The molecule has 0 saturated carbocycles. The fourth-order valence-corrected chi connectivity index (χ4v) is 1.03. The van der Waals surface area contributed by atoms with Crippen LogP contribution in [0.4, 0.5) is 0 Å². The van der Waals surface area contributed by atoms with Gasteiger partial charge < -0.3 is 10.2 Å². The van der Waals surface area contributed by atoms with Gasteiger partial charge in [0.05, 0.1) is 0 Å². The van der Waals surface area contributed by atoms with Crippen LogP contribution in [-0.4, -0.2) is 30.8 Å². The monoisotopic (exact) mass is 178 g/mol. The number of phenolic OH excluding ortho intramolecular Hbond substituents is 2. The lowest BCUT2D eigenvalue weighted by atomic mass is 10.1. The van der Waals surface area contributed by atoms with Crippen molar-refractivity contribution in [2.45, 2.75) is 0 Å². The van der Waals surface area contributed by atoms with Gasteiger partial charge in [-0.25, -0.2) is 0 Å². The first kappa shape index (κ1) is 7.53. The molecule has 0 fully saturated rings. The summed E-state index contributed by atoms with van der Waals surface area (Å²) in [5.74, 6) is -0.00148. The quantitative estimate of drug-likeness (QED) is 0.582. The van der Waals surface area contributed by atoms with Crippen LogP contribution >= 0.6 is 0 Å². The molecule has 6 heteroatoms. The number of nitrogens with zero attached hydrogens (tertiary/aromatic N) is 3. The highest BCUT2D eigenvalue weighted by molar-refractivity contribution is 5.70. The molecule has 6 nitrogen and oxygen atoms in total. The topological polar surface area (TPSA) is 94.9 Å². The van der Waals surface area contributed by atoms with Crippen molar-refractivity contribution in [1.82, 2.24) is 20.6 Å². The summed E-state index contributed by atoms with van der Waals surface area (Å²) < 4.78 is 0. The van der Waals surface area contributed by atoms with E-state index in [9.17, 15) is 10.2 Å². The Kier molecular flexibility index (Phi) is 1.59. The average Bonchev–Trinajstić information content (AvgIpc) is 2.57. The molecule has 2 aromatic rings. The Balaban J connectivity index is 2.64. The summed E-state index contributed by atoms with van der Waals surface area (Å²) in [7, 11) is 0. The maximum absolute atomic E-state index is 9.38. The van der Waals surface area contributed by atoms with Gasteiger partial charge in [-0.2, -0.15) is 5.21 Å². The zero-order valence-electron chi connectivity index (χ0n) is 6.47. The van der Waals surface area contributed by atoms with Gasteiger partial charge in [-0.05, 0) is 17.3 Å². The molecule has 0 bridgehead atoms. The smallest absolute Gasteiger partial charge is 0.212 e. The highest BCUT2D eigenvalue weighted by Gasteiger charge is 2.12. The Hall–Kier alpha value is -2.11. The van der Waals surface area contributed by atoms with E-state index in [2.05, 4.69) is 20.6 Å². The summed E-state index contributed by atoms with van der Waals surface area (Å²) in [4.78, 5) is 0. The molecule has 13 heavy (non-hydrogen) atoms. The maximum Gasteiger partial charge on any atom is 0.212 e. The van der Waals surface area contributed by atoms with Gasteiger partial charge in [0.15, 0.2) is 0 Å². The van der Waals surface area contributed by atoms with Crippen molar-refractivity contribution in [3.63, 3.8) is 0 Å². The fraction of sp³-hybridized carbons (Fsp3) is 0. The van der Waals surface area contributed by atoms with Crippen molar-refractivity contribution in [3.8, 4) is 22.9 Å². The van der Waals surface area contributed by atoms with Gasteiger partial charge in [0, 0.05) is 0 Å². The fourth-order valence-electron chi connectivity index (χ4n) is 1.03. The molecule has 0 amide bonds. The molecule has 0 aliphatic carbocycles. The average molecular weight is 178 g/mol. The number of aromatic amines is 1. The molecule has 3 N–H and O–H groups in total. The summed E-state index contributed by atoms with van der Waals surface area (Å²) >= 11 is 0. The molecule has 1 heterocycles. The molecule has 66 valence electrons. The van der Waals surface area contributed by atoms with Gasteiger partial charge in [-0.15, -0.1) is 10.2 Å². The normalized spacial score (nSPS) is 10.2. The van der Waals surface area contributed by atoms with E-state index in [4.69, 9.17) is 0 Å². The van der Waals surface area contributed by atoms with E-state index in [-0.39, 0.29) is 22.9 Å². The molecule has 0 spiro atoms. The molecular weight excluding hydrogens is 172 g/mol. The molecule has 1 aromatic carbocycles. The van der Waals surface area contributed by atoms with E-state index < -0.39 is 0 Å². The number of tetrazole rings is 1. The largest absolute Gasteiger partial charge is 0.507 e. The lowest BCUT2D eigenvalue weighted by molar-refractivity contribution is 0.453. The predicted octanol–water partition coefficient (Wildman–Crippen LogP) is 0.278. The zero-order chi connectivity index (χ0) is 9.26. The second kappa shape index (κ2) is 2.74. The van der Waals surface area contributed by atoms with Gasteiger partial charge in [0.25, 0.3) is 0 Å². The van der Waals surface area contributed by atoms with E-state index >= 15 is 0 Å². The number of benzene rings is 1. The second-order valence-corrected chi connectivity index (χ2v) is 2.41. The van der Waals surface area contributed by atoms with E-state index in [0.29, 0.717) is 0 Å². The maximum atomic E-state index is 9.38. The second-order valence-electron chi connectivity index (χ2n) is 2.41. The third kappa shape index (κ3) is 1.18. The van der Waals surface area contributed by atoms with Crippen LogP contribution in [0, 0.1) is 0 Å². The molecule has 2 rings (SSSR count). The third-order valence-corrected chi connectivity index (χ3v) is 1.59. The highest BCUT2D eigenvalue weighted by atomic mass is 16.3. The summed E-state index contributed by atoms with van der Waals surface area (Å²) in [6.45, 7) is 0. The van der Waals surface area contributed by atoms with E-state index in [1.54, 1.807) is 0 Å². The molecule has 0 aliphatic heterocycles. The molecule has 0 atom stereocenters. The highest BCUT2D eigenvalue weighted by Crippen LogP contribution is 2.33. The summed E-state index contributed by atoms with van der Waals surface area (Å²) in [6.07, 6.45) is 0. The van der Waals surface area contributed by atoms with Gasteiger partial charge in [-0.1, -0.05) is 6.07 Å². The van der Waals surface area contributed by atoms with Crippen LogP contribution in [0.5, 0.6) is 11.5 Å². The number of H-pyrrole nitrogens is 1. The zero-order valence-corrected chi connectivity index (χ0v) is 6.47. The summed E-state index contributed by atoms with van der Waals surface area (Å²) in [5, 5.41) is 31.6. The number of hydrogen-bond donors (Lipinski definition) is 3. The van der Waals surface area contributed by atoms with E-state index in [0.717, 1.165) is 0 Å². The Labute approximate surface area is 72.9 Å². The van der Waals surface area contributed by atoms with Crippen molar-refractivity contribution in [1.29, 1.82) is 0 Å². The molecule has 0 aliphatic rings. The molecular formula is C7H6N4O2. The summed E-state index contributed by atoms with van der Waals surface area (Å²) in [6, 6.07) is 4.39. The van der Waals surface area contributed by atoms with Gasteiger partial charge in [-0.3, -0.25) is 0 Å². The van der Waals surface area contributed by atoms with Crippen LogP contribution in [0.3, 0.4) is 0 Å². The summed E-state index contributed by atoms with van der Waals surface area (Å²) in [5.41, 5.74) is 0.177. The minimum Gasteiger partial charge on any atom is -0.507 e. The Morgan fingerprint density at radius 3 is 2.38 bits per heavy atom. The van der Waals surface area contributed by atoms with Crippen LogP contribution in [0.15, 0.2) is 18.2 Å². The van der Waals surface area contributed by atoms with Gasteiger partial charge >= 0.3 is 0 Å². The van der Waals surface area contributed by atoms with Crippen LogP contribution in [0.1, 0.15) is 0 Å². The van der Waals surface area contributed by atoms with E-state index in [1.807, 2.05) is 0 Å². The van der Waals surface area contributed by atoms with Gasteiger partial charge in [0.1, 0.15) is 17.1 Å². The Bertz CT molecular complexity index is 392. The SMILES string of the molecule is Oc1cccc(O)c1-c1nn[nH]n1. The minimum atomic E-state index is -0.0820. The van der Waals surface area contributed by atoms with Crippen LogP contribution in [-0.2, 0) is 0 Å². The van der Waals surface area contributed by atoms with Crippen LogP contribution in [0.2, 0.25) is 0 Å². The number of aromatic hydroxyl groups is 2. The minimum absolute atomic E-state index is 0.0820. The standard InChI is InChI=1S/C7H6N4O2/c12-4-2-1-3-5(13)6(4)7-8-10-11-9-7/h1-3,12-13H,(H,8,9,10,11). The first-order chi connectivity index (χ1) is 6.29. The van der Waals surface area contributed by atoms with E-state index in [1.165, 1.54) is 18.2 Å². The van der Waals surface area contributed by atoms with Crippen molar-refractivity contribution < 1.29 is 10.2 Å². The first-order valence-electron chi connectivity index (χ1n) is 3.54. The molecule has 0 radical (unpaired) electrons. The van der Waals surface area contributed by atoms with Crippen molar-refractivity contribution >= 4 is 0 Å². The number of nitrogens with one attached hydrogen (secondary N) is 1. The van der Waals surface area contributed by atoms with Crippen molar-refractivity contribution in [2.75, 3.05) is 0 Å². The third-order valence-electron chi connectivity index (χ3n) is 1.59. The van der Waals surface area contributed by atoms with Crippen molar-refractivity contribution in [2.24, 2.45) is 0 Å². The number of aromatic nitrogens is 4. The number of phenols is 2. The molecule has 0 unspecified atom stereocenters. The Morgan fingerprint density at radius 2 is 1.85 bits per heavy atom. The number of hydrogen-bond acceptors (Lipinski definition) is 5. The lowest BCUT2D eigenvalue weighted by Gasteiger charge is -2.00. The molecule has 1 aromatic heterocycles.